The fourth-order valence-corrected chi connectivity index (χ4v) is 7.83. The molecule has 0 unspecified atom stereocenters. The van der Waals surface area contributed by atoms with Crippen LogP contribution in [0.3, 0.4) is 0 Å². The number of rotatable bonds is 6. The molecule has 3 heterocycles. The van der Waals surface area contributed by atoms with Crippen LogP contribution in [0.15, 0.2) is 30.3 Å². The molecule has 2 atom stereocenters. The maximum Gasteiger partial charge on any atom is 0.393 e. The third-order valence-corrected chi connectivity index (χ3v) is 10.0. The lowest BCUT2D eigenvalue weighted by molar-refractivity contribution is -0.126. The quantitative estimate of drug-likeness (QED) is 0.205. The van der Waals surface area contributed by atoms with Crippen molar-refractivity contribution in [2.45, 2.75) is 37.7 Å². The van der Waals surface area contributed by atoms with Crippen molar-refractivity contribution in [3.63, 3.8) is 0 Å². The number of halogens is 4. The molecule has 5 nitrogen and oxygen atoms in total. The summed E-state index contributed by atoms with van der Waals surface area (Å²) in [5.74, 6) is 6.59. The highest BCUT2D eigenvalue weighted by Crippen LogP contribution is 2.43. The van der Waals surface area contributed by atoms with Gasteiger partial charge < -0.3 is 24.8 Å². The number of alkyl halides is 4. The monoisotopic (exact) mass is 593 g/mol. The number of piperidine rings is 1. The van der Waals surface area contributed by atoms with E-state index in [0.29, 0.717) is 52.4 Å². The van der Waals surface area contributed by atoms with Crippen LogP contribution in [0.25, 0.3) is 10.1 Å². The number of hydrogen-bond acceptors (Lipinski definition) is 6. The largest absolute Gasteiger partial charge is 0.491 e. The van der Waals surface area contributed by atoms with Crippen LogP contribution in [0.4, 0.5) is 28.9 Å². The van der Waals surface area contributed by atoms with E-state index in [1.54, 1.807) is 31.5 Å². The van der Waals surface area contributed by atoms with E-state index in [9.17, 15) is 22.1 Å². The topological polar surface area (TPSA) is 53.6 Å². The number of ether oxygens (including phenoxy) is 1. The highest BCUT2D eigenvalue weighted by atomic mass is 32.1. The molecule has 2 aromatic carbocycles. The first-order chi connectivity index (χ1) is 18.9. The van der Waals surface area contributed by atoms with Gasteiger partial charge in [0.2, 0.25) is 0 Å². The number of fused-ring (bicyclic) bond motifs is 2. The van der Waals surface area contributed by atoms with Crippen LogP contribution in [0, 0.1) is 11.8 Å². The van der Waals surface area contributed by atoms with E-state index < -0.39 is 32.0 Å². The lowest BCUT2D eigenvalue weighted by atomic mass is 10.0. The lowest BCUT2D eigenvalue weighted by Crippen LogP contribution is -2.46. The summed E-state index contributed by atoms with van der Waals surface area (Å²) >= 11 is 1.20. The summed E-state index contributed by atoms with van der Waals surface area (Å²) in [6.07, 6.45) is -5.28. The van der Waals surface area contributed by atoms with Gasteiger partial charge in [-0.1, -0.05) is 24.0 Å². The molecule has 0 aliphatic carbocycles. The van der Waals surface area contributed by atoms with Crippen LogP contribution in [0.5, 0.6) is 5.75 Å². The number of benzene rings is 2. The third-order valence-electron chi connectivity index (χ3n) is 7.26. The summed E-state index contributed by atoms with van der Waals surface area (Å²) in [6.45, 7) is 5.21. The van der Waals surface area contributed by atoms with Gasteiger partial charge in [-0.3, -0.25) is 0 Å². The Labute approximate surface area is 235 Å². The molecule has 40 heavy (non-hydrogen) atoms. The molecular weight excluding hydrogens is 561 g/mol. The minimum Gasteiger partial charge on any atom is -0.491 e. The van der Waals surface area contributed by atoms with Gasteiger partial charge in [0.15, 0.2) is 0 Å². The predicted octanol–water partition coefficient (Wildman–Crippen LogP) is 6.11. The molecule has 0 spiro atoms. The summed E-state index contributed by atoms with van der Waals surface area (Å²) in [4.78, 5) is 2.27. The summed E-state index contributed by atoms with van der Waals surface area (Å²) in [6, 6.07) is 8.42. The Hall–Kier alpha value is -2.73. The van der Waals surface area contributed by atoms with Crippen LogP contribution < -0.4 is 20.7 Å². The van der Waals surface area contributed by atoms with Gasteiger partial charge in [0.1, 0.15) is 19.1 Å². The number of thiophene rings is 1. The fourth-order valence-electron chi connectivity index (χ4n) is 5.37. The van der Waals surface area contributed by atoms with Crippen LogP contribution in [-0.2, 0) is 17.4 Å². The molecule has 3 aromatic rings. The van der Waals surface area contributed by atoms with E-state index in [1.165, 1.54) is 11.3 Å². The van der Waals surface area contributed by atoms with E-state index in [4.69, 9.17) is 4.74 Å². The normalized spacial score (nSPS) is 19.6. The molecule has 0 radical (unpaired) electrons. The molecule has 5 rings (SSSR count). The van der Waals surface area contributed by atoms with Gasteiger partial charge in [-0.25, -0.2) is 4.39 Å². The van der Waals surface area contributed by atoms with Gasteiger partial charge in [0.25, 0.3) is 0 Å². The Kier molecular flexibility index (Phi) is 8.11. The number of nitrogens with zero attached hydrogens (tertiary/aromatic N) is 1. The van der Waals surface area contributed by atoms with Gasteiger partial charge in [-0.15, -0.1) is 11.3 Å². The average Bonchev–Trinajstić information content (AvgIpc) is 3.48. The zero-order valence-corrected chi connectivity index (χ0v) is 24.3. The third kappa shape index (κ3) is 6.27. The zero-order valence-electron chi connectivity index (χ0n) is 22.6. The molecule has 1 aromatic heterocycles. The molecular formula is C29H32F4N3O2PS. The number of anilines is 2. The van der Waals surface area contributed by atoms with Gasteiger partial charge in [0.05, 0.1) is 46.6 Å². The smallest absolute Gasteiger partial charge is 0.393 e. The second-order valence-electron chi connectivity index (χ2n) is 10.7. The van der Waals surface area contributed by atoms with Gasteiger partial charge in [0, 0.05) is 30.4 Å². The van der Waals surface area contributed by atoms with Crippen molar-refractivity contribution in [3.8, 4) is 17.6 Å². The fraction of sp³-hybridized carbons (Fsp3) is 0.448. The van der Waals surface area contributed by atoms with E-state index in [-0.39, 0.29) is 12.1 Å². The number of likely N-dealkylation sites (tertiary alicyclic amines) is 1. The summed E-state index contributed by atoms with van der Waals surface area (Å²) in [7, 11) is -0.594. The molecule has 214 valence electrons. The first-order valence-corrected chi connectivity index (χ1v) is 16.6. The van der Waals surface area contributed by atoms with E-state index in [1.807, 2.05) is 24.1 Å². The second kappa shape index (κ2) is 11.3. The minimum atomic E-state index is -4.40. The summed E-state index contributed by atoms with van der Waals surface area (Å²) in [5.41, 5.74) is 2.42. The number of hydrogen-bond donors (Lipinski definition) is 2. The van der Waals surface area contributed by atoms with Crippen LogP contribution in [0.1, 0.15) is 22.4 Å². The van der Waals surface area contributed by atoms with Crippen molar-refractivity contribution in [3.05, 3.63) is 46.3 Å². The molecule has 0 bridgehead atoms. The standard InChI is InChI=1S/C29H32F4N3O2PS/c1-36-14-11-22(21(30)17-36)35-24-7-4-6-18-20(16-29(31,32)33)26(40-28(18)24)8-5-13-34-23-9-10-25(39(2,3)37)19-12-15-38-27(19)23/h4,6-7,9-10,21-22,34-35H,11-17H2,1-3H3/t21-,22+/m0/s1. The highest BCUT2D eigenvalue weighted by Gasteiger charge is 2.32. The maximum absolute atomic E-state index is 14.7. The molecule has 2 aliphatic rings. The van der Waals surface area contributed by atoms with E-state index >= 15 is 0 Å². The predicted molar refractivity (Wildman–Crippen MR) is 156 cm³/mol. The van der Waals surface area contributed by atoms with Gasteiger partial charge >= 0.3 is 6.18 Å². The van der Waals surface area contributed by atoms with Crippen molar-refractivity contribution < 1.29 is 26.9 Å². The van der Waals surface area contributed by atoms with Crippen molar-refractivity contribution in [2.75, 3.05) is 57.3 Å². The van der Waals surface area contributed by atoms with Crippen LogP contribution >= 0.6 is 18.5 Å². The Morgan fingerprint density at radius 3 is 2.73 bits per heavy atom. The molecule has 1 saturated heterocycles. The first kappa shape index (κ1) is 28.8. The van der Waals surface area contributed by atoms with E-state index in [2.05, 4.69) is 22.5 Å². The Morgan fingerprint density at radius 1 is 1.20 bits per heavy atom. The average molecular weight is 594 g/mol. The van der Waals surface area contributed by atoms with Crippen LogP contribution in [-0.4, -0.2) is 69.9 Å². The SMILES string of the molecule is CN1CC[C@@H](Nc2cccc3c(CC(F)(F)F)c(C#CCNc4ccc(P(C)(C)=O)c5c4OCC5)sc23)[C@@H](F)C1. The van der Waals surface area contributed by atoms with Crippen molar-refractivity contribution >= 4 is 45.2 Å². The lowest BCUT2D eigenvalue weighted by Gasteiger charge is -2.33. The molecule has 11 heteroatoms. The highest BCUT2D eigenvalue weighted by molar-refractivity contribution is 7.70. The van der Waals surface area contributed by atoms with E-state index in [0.717, 1.165) is 23.1 Å². The Balaban J connectivity index is 1.41. The maximum atomic E-state index is 14.7. The molecule has 0 saturated carbocycles. The summed E-state index contributed by atoms with van der Waals surface area (Å²) < 4.78 is 74.6. The Morgan fingerprint density at radius 2 is 2.00 bits per heavy atom. The molecule has 0 amide bonds. The van der Waals surface area contributed by atoms with Gasteiger partial charge in [-0.2, -0.15) is 13.2 Å². The second-order valence-corrected chi connectivity index (χ2v) is 15.0. The molecule has 1 fully saturated rings. The summed E-state index contributed by atoms with van der Waals surface area (Å²) in [5, 5.41) is 7.76. The van der Waals surface area contributed by atoms with Crippen molar-refractivity contribution in [1.82, 2.24) is 4.90 Å². The van der Waals surface area contributed by atoms with Gasteiger partial charge in [-0.05, 0) is 55.9 Å². The zero-order chi connectivity index (χ0) is 28.7. The first-order valence-electron chi connectivity index (χ1n) is 13.2. The molecule has 2 N–H and O–H groups in total. The minimum absolute atomic E-state index is 0.138. The van der Waals surface area contributed by atoms with Crippen LogP contribution in [0.2, 0.25) is 0 Å². The van der Waals surface area contributed by atoms with Crippen molar-refractivity contribution in [1.29, 1.82) is 0 Å². The molecule has 2 aliphatic heterocycles. The number of nitrogens with one attached hydrogen (secondary N) is 2. The Bertz CT molecular complexity index is 1520. The van der Waals surface area contributed by atoms with Crippen molar-refractivity contribution in [2.24, 2.45) is 0 Å².